The van der Waals surface area contributed by atoms with Crippen molar-refractivity contribution in [1.29, 1.82) is 0 Å². The molecule has 0 unspecified atom stereocenters. The van der Waals surface area contributed by atoms with Crippen LogP contribution in [0.2, 0.25) is 0 Å². The van der Waals surface area contributed by atoms with Crippen LogP contribution in [0.4, 0.5) is 5.82 Å². The number of anilines is 1. The molecule has 0 saturated carbocycles. The molecule has 0 atom stereocenters. The van der Waals surface area contributed by atoms with Crippen LogP contribution < -0.4 is 4.90 Å². The minimum absolute atomic E-state index is 0.0319. The first kappa shape index (κ1) is 14.5. The standard InChI is InChI=1S/C17H22N2O/c1-13-11-14(2)18-17(16(13)12-20)19(3)10-9-15-7-5-4-6-8-15/h4-8,11,20H,9-10,12H2,1-3H3. The fraction of sp³-hybridized carbons (Fsp3) is 0.353. The normalized spacial score (nSPS) is 10.6. The van der Waals surface area contributed by atoms with Crippen molar-refractivity contribution in [3.8, 4) is 0 Å². The van der Waals surface area contributed by atoms with Gasteiger partial charge in [-0.2, -0.15) is 0 Å². The number of aliphatic hydroxyl groups excluding tert-OH is 1. The molecule has 1 aromatic carbocycles. The van der Waals surface area contributed by atoms with Crippen LogP contribution in [0.1, 0.15) is 22.4 Å². The van der Waals surface area contributed by atoms with Gasteiger partial charge in [0.05, 0.1) is 6.61 Å². The Morgan fingerprint density at radius 3 is 2.50 bits per heavy atom. The summed E-state index contributed by atoms with van der Waals surface area (Å²) in [6.07, 6.45) is 0.969. The summed E-state index contributed by atoms with van der Waals surface area (Å²) in [6, 6.07) is 12.4. The van der Waals surface area contributed by atoms with Gasteiger partial charge < -0.3 is 10.0 Å². The van der Waals surface area contributed by atoms with E-state index >= 15 is 0 Å². The Kier molecular flexibility index (Phi) is 4.74. The van der Waals surface area contributed by atoms with E-state index in [-0.39, 0.29) is 6.61 Å². The average molecular weight is 270 g/mol. The van der Waals surface area contributed by atoms with Crippen molar-refractivity contribution < 1.29 is 5.11 Å². The van der Waals surface area contributed by atoms with Crippen LogP contribution in [0.5, 0.6) is 0 Å². The van der Waals surface area contributed by atoms with E-state index in [1.807, 2.05) is 33.0 Å². The zero-order chi connectivity index (χ0) is 14.5. The first-order chi connectivity index (χ1) is 9.61. The van der Waals surface area contributed by atoms with Gasteiger partial charge in [0.1, 0.15) is 5.82 Å². The monoisotopic (exact) mass is 270 g/mol. The second kappa shape index (κ2) is 6.53. The molecule has 2 aromatic rings. The first-order valence-electron chi connectivity index (χ1n) is 6.95. The van der Waals surface area contributed by atoms with E-state index in [0.29, 0.717) is 0 Å². The topological polar surface area (TPSA) is 36.4 Å². The Balaban J connectivity index is 2.14. The SMILES string of the molecule is Cc1cc(C)c(CO)c(N(C)CCc2ccccc2)n1. The number of aryl methyl sites for hydroxylation is 2. The number of pyridine rings is 1. The summed E-state index contributed by atoms with van der Waals surface area (Å²) in [7, 11) is 2.03. The number of hydrogen-bond acceptors (Lipinski definition) is 3. The van der Waals surface area contributed by atoms with Crippen LogP contribution in [-0.2, 0) is 13.0 Å². The Morgan fingerprint density at radius 1 is 1.15 bits per heavy atom. The van der Waals surface area contributed by atoms with Crippen molar-refractivity contribution in [2.24, 2.45) is 0 Å². The van der Waals surface area contributed by atoms with Crippen molar-refractivity contribution in [2.75, 3.05) is 18.5 Å². The molecule has 0 radical (unpaired) electrons. The Hall–Kier alpha value is -1.87. The van der Waals surface area contributed by atoms with Crippen molar-refractivity contribution in [1.82, 2.24) is 4.98 Å². The predicted molar refractivity (Wildman–Crippen MR) is 83.0 cm³/mol. The lowest BCUT2D eigenvalue weighted by atomic mass is 10.1. The molecule has 0 aliphatic rings. The molecule has 3 nitrogen and oxygen atoms in total. The third kappa shape index (κ3) is 3.36. The van der Waals surface area contributed by atoms with Crippen LogP contribution in [0, 0.1) is 13.8 Å². The molecule has 106 valence electrons. The Bertz CT molecular complexity index is 567. The van der Waals surface area contributed by atoms with Crippen LogP contribution in [0.3, 0.4) is 0 Å². The molecular formula is C17H22N2O. The highest BCUT2D eigenvalue weighted by Gasteiger charge is 2.12. The summed E-state index contributed by atoms with van der Waals surface area (Å²) in [6.45, 7) is 4.93. The second-order valence-corrected chi connectivity index (χ2v) is 5.20. The van der Waals surface area contributed by atoms with Crippen LogP contribution >= 0.6 is 0 Å². The van der Waals surface area contributed by atoms with Gasteiger partial charge in [0, 0.05) is 24.8 Å². The van der Waals surface area contributed by atoms with E-state index in [1.54, 1.807) is 0 Å². The predicted octanol–water partition coefficient (Wildman–Crippen LogP) is 2.87. The molecule has 3 heteroatoms. The average Bonchev–Trinajstić information content (AvgIpc) is 2.45. The molecule has 1 N–H and O–H groups in total. The molecule has 0 fully saturated rings. The van der Waals surface area contributed by atoms with Gasteiger partial charge in [0.25, 0.3) is 0 Å². The number of aromatic nitrogens is 1. The van der Waals surface area contributed by atoms with Gasteiger partial charge in [-0.25, -0.2) is 4.98 Å². The maximum absolute atomic E-state index is 9.56. The molecule has 0 amide bonds. The molecule has 1 heterocycles. The molecule has 0 aliphatic carbocycles. The summed E-state index contributed by atoms with van der Waals surface area (Å²) < 4.78 is 0. The highest BCUT2D eigenvalue weighted by Crippen LogP contribution is 2.22. The summed E-state index contributed by atoms with van der Waals surface area (Å²) in [5.41, 5.74) is 4.32. The third-order valence-electron chi connectivity index (χ3n) is 3.55. The van der Waals surface area contributed by atoms with Crippen molar-refractivity contribution in [3.05, 3.63) is 58.8 Å². The number of benzene rings is 1. The molecular weight excluding hydrogens is 248 g/mol. The zero-order valence-electron chi connectivity index (χ0n) is 12.4. The molecule has 0 saturated heterocycles. The fourth-order valence-corrected chi connectivity index (χ4v) is 2.40. The molecule has 2 rings (SSSR count). The third-order valence-corrected chi connectivity index (χ3v) is 3.55. The van der Waals surface area contributed by atoms with Gasteiger partial charge in [-0.1, -0.05) is 30.3 Å². The van der Waals surface area contributed by atoms with Gasteiger partial charge in [-0.05, 0) is 37.5 Å². The molecule has 0 aliphatic heterocycles. The van der Waals surface area contributed by atoms with E-state index in [4.69, 9.17) is 0 Å². The second-order valence-electron chi connectivity index (χ2n) is 5.20. The number of likely N-dealkylation sites (N-methyl/N-ethyl adjacent to an activating group) is 1. The van der Waals surface area contributed by atoms with E-state index in [0.717, 1.165) is 35.6 Å². The van der Waals surface area contributed by atoms with E-state index < -0.39 is 0 Å². The highest BCUT2D eigenvalue weighted by atomic mass is 16.3. The Labute approximate surface area is 120 Å². The minimum Gasteiger partial charge on any atom is -0.392 e. The summed E-state index contributed by atoms with van der Waals surface area (Å²) in [4.78, 5) is 6.71. The quantitative estimate of drug-likeness (QED) is 0.907. The lowest BCUT2D eigenvalue weighted by molar-refractivity contribution is 0.281. The van der Waals surface area contributed by atoms with Crippen LogP contribution in [0.15, 0.2) is 36.4 Å². The van der Waals surface area contributed by atoms with Gasteiger partial charge in [-0.3, -0.25) is 0 Å². The number of hydrogen-bond donors (Lipinski definition) is 1. The van der Waals surface area contributed by atoms with Crippen LogP contribution in [0.25, 0.3) is 0 Å². The van der Waals surface area contributed by atoms with E-state index in [9.17, 15) is 5.11 Å². The van der Waals surface area contributed by atoms with Crippen LogP contribution in [-0.4, -0.2) is 23.7 Å². The summed E-state index contributed by atoms with van der Waals surface area (Å²) >= 11 is 0. The smallest absolute Gasteiger partial charge is 0.134 e. The van der Waals surface area contributed by atoms with E-state index in [2.05, 4.69) is 34.1 Å². The fourth-order valence-electron chi connectivity index (χ4n) is 2.40. The van der Waals surface area contributed by atoms with Gasteiger partial charge >= 0.3 is 0 Å². The van der Waals surface area contributed by atoms with Crippen molar-refractivity contribution >= 4 is 5.82 Å². The Morgan fingerprint density at radius 2 is 1.85 bits per heavy atom. The highest BCUT2D eigenvalue weighted by molar-refractivity contribution is 5.50. The zero-order valence-corrected chi connectivity index (χ0v) is 12.4. The minimum atomic E-state index is 0.0319. The summed E-state index contributed by atoms with van der Waals surface area (Å²) in [5, 5.41) is 9.56. The number of nitrogens with zero attached hydrogens (tertiary/aromatic N) is 2. The van der Waals surface area contributed by atoms with Crippen molar-refractivity contribution in [3.63, 3.8) is 0 Å². The maximum Gasteiger partial charge on any atom is 0.134 e. The lowest BCUT2D eigenvalue weighted by Crippen LogP contribution is -2.23. The molecule has 1 aromatic heterocycles. The molecule has 0 spiro atoms. The van der Waals surface area contributed by atoms with Gasteiger partial charge in [-0.15, -0.1) is 0 Å². The van der Waals surface area contributed by atoms with E-state index in [1.165, 1.54) is 5.56 Å². The lowest BCUT2D eigenvalue weighted by Gasteiger charge is -2.22. The number of rotatable bonds is 5. The largest absolute Gasteiger partial charge is 0.392 e. The van der Waals surface area contributed by atoms with Gasteiger partial charge in [0.15, 0.2) is 0 Å². The van der Waals surface area contributed by atoms with Gasteiger partial charge in [0.2, 0.25) is 0 Å². The molecule has 0 bridgehead atoms. The molecule has 20 heavy (non-hydrogen) atoms. The van der Waals surface area contributed by atoms with Crippen molar-refractivity contribution in [2.45, 2.75) is 26.9 Å². The maximum atomic E-state index is 9.56. The number of aliphatic hydroxyl groups is 1. The summed E-state index contributed by atoms with van der Waals surface area (Å²) in [5.74, 6) is 0.890. The first-order valence-corrected chi connectivity index (χ1v) is 6.95.